The summed E-state index contributed by atoms with van der Waals surface area (Å²) in [5, 5.41) is 14.1. The van der Waals surface area contributed by atoms with Crippen LogP contribution in [-0.4, -0.2) is 40.4 Å². The van der Waals surface area contributed by atoms with E-state index < -0.39 is 11.2 Å². The fraction of sp³-hybridized carbons (Fsp3) is 0.158. The Balaban J connectivity index is 1.58. The van der Waals surface area contributed by atoms with Gasteiger partial charge < -0.3 is 20.5 Å². The number of benzene rings is 2. The van der Waals surface area contributed by atoms with Crippen LogP contribution in [0.1, 0.15) is 16.8 Å². The summed E-state index contributed by atoms with van der Waals surface area (Å²) in [6, 6.07) is 12.9. The maximum absolute atomic E-state index is 12.2. The predicted octanol–water partition coefficient (Wildman–Crippen LogP) is 2.64. The van der Waals surface area contributed by atoms with Gasteiger partial charge in [0.15, 0.2) is 5.17 Å². The van der Waals surface area contributed by atoms with Crippen molar-refractivity contribution in [2.45, 2.75) is 11.7 Å². The van der Waals surface area contributed by atoms with Gasteiger partial charge in [0.2, 0.25) is 11.8 Å². The number of aliphatic imine (C=N–C) groups is 1. The van der Waals surface area contributed by atoms with Crippen molar-refractivity contribution in [3.8, 4) is 5.75 Å². The monoisotopic (exact) mass is 399 g/mol. The van der Waals surface area contributed by atoms with Gasteiger partial charge in [-0.3, -0.25) is 9.59 Å². The Morgan fingerprint density at radius 3 is 2.46 bits per heavy atom. The molecule has 0 aromatic heterocycles. The molecule has 0 aliphatic carbocycles. The van der Waals surface area contributed by atoms with E-state index in [1.54, 1.807) is 43.5 Å². The van der Waals surface area contributed by atoms with E-state index in [1.807, 2.05) is 0 Å². The van der Waals surface area contributed by atoms with Crippen molar-refractivity contribution < 1.29 is 24.2 Å². The third kappa shape index (κ3) is 4.89. The van der Waals surface area contributed by atoms with Gasteiger partial charge in [-0.25, -0.2) is 9.79 Å². The number of hydrogen-bond acceptors (Lipinski definition) is 6. The van der Waals surface area contributed by atoms with Crippen LogP contribution in [0, 0.1) is 0 Å². The van der Waals surface area contributed by atoms with Crippen LogP contribution in [0.5, 0.6) is 5.75 Å². The highest BCUT2D eigenvalue weighted by atomic mass is 32.2. The second-order valence-corrected chi connectivity index (χ2v) is 7.04. The molecule has 1 aliphatic rings. The lowest BCUT2D eigenvalue weighted by atomic mass is 10.2. The fourth-order valence-corrected chi connectivity index (χ4v) is 3.43. The van der Waals surface area contributed by atoms with Gasteiger partial charge in [-0.2, -0.15) is 0 Å². The summed E-state index contributed by atoms with van der Waals surface area (Å²) in [6.07, 6.45) is -0.000495. The largest absolute Gasteiger partial charge is 0.497 e. The summed E-state index contributed by atoms with van der Waals surface area (Å²) >= 11 is 1.16. The molecular weight excluding hydrogens is 382 g/mol. The number of carbonyl (C=O) groups excluding carboxylic acids is 2. The van der Waals surface area contributed by atoms with Crippen LogP contribution in [0.15, 0.2) is 53.5 Å². The Hall–Kier alpha value is -3.33. The van der Waals surface area contributed by atoms with E-state index in [-0.39, 0.29) is 23.8 Å². The maximum atomic E-state index is 12.2. The molecule has 3 N–H and O–H groups in total. The highest BCUT2D eigenvalue weighted by Gasteiger charge is 2.32. The Morgan fingerprint density at radius 2 is 1.86 bits per heavy atom. The molecule has 1 atom stereocenters. The minimum absolute atomic E-state index is 0.000495. The molecule has 2 aromatic rings. The van der Waals surface area contributed by atoms with E-state index in [4.69, 9.17) is 9.84 Å². The van der Waals surface area contributed by atoms with E-state index >= 15 is 0 Å². The molecule has 1 unspecified atom stereocenters. The number of nitrogens with zero attached hydrogens (tertiary/aromatic N) is 1. The van der Waals surface area contributed by atoms with E-state index in [1.165, 1.54) is 12.1 Å². The summed E-state index contributed by atoms with van der Waals surface area (Å²) in [4.78, 5) is 39.5. The number of rotatable bonds is 6. The fourth-order valence-electron chi connectivity index (χ4n) is 2.44. The summed E-state index contributed by atoms with van der Waals surface area (Å²) < 4.78 is 5.06. The van der Waals surface area contributed by atoms with E-state index in [2.05, 4.69) is 15.6 Å². The second kappa shape index (κ2) is 8.57. The molecule has 0 spiro atoms. The van der Waals surface area contributed by atoms with Gasteiger partial charge in [-0.15, -0.1) is 0 Å². The van der Waals surface area contributed by atoms with E-state index in [9.17, 15) is 14.4 Å². The molecule has 0 bridgehead atoms. The molecule has 0 saturated carbocycles. The first-order valence-electron chi connectivity index (χ1n) is 8.28. The van der Waals surface area contributed by atoms with Gasteiger partial charge in [-0.1, -0.05) is 11.8 Å². The number of amidine groups is 1. The molecule has 3 rings (SSSR count). The number of methoxy groups -OCH3 is 1. The highest BCUT2D eigenvalue weighted by Crippen LogP contribution is 2.26. The number of carboxylic acid groups (broad SMARTS) is 1. The minimum Gasteiger partial charge on any atom is -0.497 e. The van der Waals surface area contributed by atoms with Crippen LogP contribution < -0.4 is 15.4 Å². The molecular formula is C19H17N3O5S. The predicted molar refractivity (Wildman–Crippen MR) is 106 cm³/mol. The number of hydrogen-bond donors (Lipinski definition) is 3. The Bertz CT molecular complexity index is 926. The molecule has 1 heterocycles. The summed E-state index contributed by atoms with van der Waals surface area (Å²) in [5.74, 6) is -0.924. The van der Waals surface area contributed by atoms with Crippen LogP contribution >= 0.6 is 11.8 Å². The first-order chi connectivity index (χ1) is 13.4. The third-order valence-corrected chi connectivity index (χ3v) is 4.95. The second-order valence-electron chi connectivity index (χ2n) is 5.85. The lowest BCUT2D eigenvalue weighted by Crippen LogP contribution is -2.28. The van der Waals surface area contributed by atoms with Gasteiger partial charge in [0, 0.05) is 12.1 Å². The number of nitrogens with one attached hydrogen (secondary N) is 2. The summed E-state index contributed by atoms with van der Waals surface area (Å²) in [5.41, 5.74) is 1.28. The average Bonchev–Trinajstić information content (AvgIpc) is 3.01. The number of amides is 2. The number of aromatic carboxylic acids is 1. The zero-order valence-electron chi connectivity index (χ0n) is 14.8. The molecule has 2 amide bonds. The molecule has 0 radical (unpaired) electrons. The molecule has 1 fully saturated rings. The molecule has 2 aromatic carbocycles. The van der Waals surface area contributed by atoms with Gasteiger partial charge in [0.25, 0.3) is 0 Å². The van der Waals surface area contributed by atoms with Crippen LogP contribution in [-0.2, 0) is 9.59 Å². The number of carboxylic acids is 1. The van der Waals surface area contributed by atoms with Crippen molar-refractivity contribution in [1.29, 1.82) is 0 Å². The van der Waals surface area contributed by atoms with Crippen molar-refractivity contribution in [3.63, 3.8) is 0 Å². The number of thioether (sulfide) groups is 1. The van der Waals surface area contributed by atoms with Crippen LogP contribution in [0.4, 0.5) is 11.4 Å². The van der Waals surface area contributed by atoms with Crippen molar-refractivity contribution in [2.75, 3.05) is 12.4 Å². The molecule has 8 nitrogen and oxygen atoms in total. The van der Waals surface area contributed by atoms with Gasteiger partial charge >= 0.3 is 5.97 Å². The van der Waals surface area contributed by atoms with Crippen molar-refractivity contribution in [2.24, 2.45) is 4.99 Å². The van der Waals surface area contributed by atoms with Crippen LogP contribution in [0.25, 0.3) is 0 Å². The quantitative estimate of drug-likeness (QED) is 0.687. The first-order valence-corrected chi connectivity index (χ1v) is 9.16. The lowest BCUT2D eigenvalue weighted by molar-refractivity contribution is -0.122. The van der Waals surface area contributed by atoms with Gasteiger partial charge in [0.1, 0.15) is 11.0 Å². The van der Waals surface area contributed by atoms with Gasteiger partial charge in [0.05, 0.1) is 18.4 Å². The standard InChI is InChI=1S/C19H17N3O5S/c1-27-14-8-6-12(7-9-14)20-16(23)10-15-17(24)22-19(28-15)21-13-4-2-11(3-5-13)18(25)26/h2-9,15H,10H2,1H3,(H,20,23)(H,25,26)(H,21,22,24). The van der Waals surface area contributed by atoms with Crippen molar-refractivity contribution in [1.82, 2.24) is 5.32 Å². The molecule has 144 valence electrons. The zero-order valence-corrected chi connectivity index (χ0v) is 15.7. The zero-order chi connectivity index (χ0) is 20.1. The average molecular weight is 399 g/mol. The number of carbonyl (C=O) groups is 3. The Labute approximate surface area is 165 Å². The Morgan fingerprint density at radius 1 is 1.18 bits per heavy atom. The molecule has 28 heavy (non-hydrogen) atoms. The number of ether oxygens (including phenoxy) is 1. The Kier molecular flexibility index (Phi) is 5.95. The molecule has 9 heteroatoms. The van der Waals surface area contributed by atoms with E-state index in [0.717, 1.165) is 11.8 Å². The number of anilines is 1. The first kappa shape index (κ1) is 19.4. The maximum Gasteiger partial charge on any atom is 0.335 e. The molecule has 1 saturated heterocycles. The van der Waals surface area contributed by atoms with Crippen LogP contribution in [0.2, 0.25) is 0 Å². The highest BCUT2D eigenvalue weighted by molar-refractivity contribution is 8.15. The summed E-state index contributed by atoms with van der Waals surface area (Å²) in [6.45, 7) is 0. The molecule has 1 aliphatic heterocycles. The lowest BCUT2D eigenvalue weighted by Gasteiger charge is -2.08. The SMILES string of the molecule is COc1ccc(NC(=O)CC2SC(=Nc3ccc(C(=O)O)cc3)NC2=O)cc1. The topological polar surface area (TPSA) is 117 Å². The third-order valence-electron chi connectivity index (χ3n) is 3.87. The minimum atomic E-state index is -1.02. The van der Waals surface area contributed by atoms with E-state index in [0.29, 0.717) is 22.3 Å². The van der Waals surface area contributed by atoms with Crippen molar-refractivity contribution >= 4 is 46.1 Å². The normalized spacial score (nSPS) is 17.2. The summed E-state index contributed by atoms with van der Waals surface area (Å²) in [7, 11) is 1.56. The van der Waals surface area contributed by atoms with Gasteiger partial charge in [-0.05, 0) is 48.5 Å². The smallest absolute Gasteiger partial charge is 0.335 e. The van der Waals surface area contributed by atoms with Crippen LogP contribution in [0.3, 0.4) is 0 Å². The van der Waals surface area contributed by atoms with Crippen molar-refractivity contribution in [3.05, 3.63) is 54.1 Å².